The third-order valence-electron chi connectivity index (χ3n) is 4.76. The fourth-order valence-electron chi connectivity index (χ4n) is 3.22. The molecule has 148 valence electrons. The summed E-state index contributed by atoms with van der Waals surface area (Å²) in [7, 11) is 0. The molecule has 2 aromatic rings. The number of carbonyl (C=O) groups excluding carboxylic acids is 4. The lowest BCUT2D eigenvalue weighted by molar-refractivity contribution is -0.146. The van der Waals surface area contributed by atoms with Crippen molar-refractivity contribution in [3.05, 3.63) is 59.2 Å². The van der Waals surface area contributed by atoms with Gasteiger partial charge < -0.3 is 14.2 Å². The summed E-state index contributed by atoms with van der Waals surface area (Å²) in [4.78, 5) is 50.5. The minimum absolute atomic E-state index is 0.240. The van der Waals surface area contributed by atoms with Crippen molar-refractivity contribution in [3.63, 3.8) is 0 Å². The molecule has 0 bridgehead atoms. The number of hydrogen-bond donors (Lipinski definition) is 0. The average Bonchev–Trinajstić information content (AvgIpc) is 3.01. The Labute approximate surface area is 166 Å². The lowest BCUT2D eigenvalue weighted by atomic mass is 10.1. The van der Waals surface area contributed by atoms with Crippen LogP contribution in [0.1, 0.15) is 38.0 Å². The largest absolute Gasteiger partial charge is 0.486 e. The molecule has 0 radical (unpaired) electrons. The number of imide groups is 1. The summed E-state index contributed by atoms with van der Waals surface area (Å²) in [6.45, 7) is 1.69. The average molecular weight is 395 g/mol. The first-order valence-electron chi connectivity index (χ1n) is 9.04. The van der Waals surface area contributed by atoms with Gasteiger partial charge in [-0.15, -0.1) is 0 Å². The number of ether oxygens (including phenoxy) is 3. The number of ketones is 1. The molecule has 0 spiro atoms. The van der Waals surface area contributed by atoms with Gasteiger partial charge in [0.05, 0.1) is 11.1 Å². The van der Waals surface area contributed by atoms with Gasteiger partial charge in [-0.25, -0.2) is 4.79 Å². The third-order valence-corrected chi connectivity index (χ3v) is 4.76. The van der Waals surface area contributed by atoms with Crippen LogP contribution in [-0.2, 0) is 9.53 Å². The highest BCUT2D eigenvalue weighted by atomic mass is 16.6. The van der Waals surface area contributed by atoms with Gasteiger partial charge in [-0.1, -0.05) is 12.1 Å². The Morgan fingerprint density at radius 3 is 2.28 bits per heavy atom. The topological polar surface area (TPSA) is 99.2 Å². The number of Topliss-reactive ketones (excluding diaryl/α,β-unsaturated/α-hetero) is 1. The smallest absolute Gasteiger partial charge is 0.329 e. The molecule has 29 heavy (non-hydrogen) atoms. The van der Waals surface area contributed by atoms with Gasteiger partial charge in [0.1, 0.15) is 19.3 Å². The van der Waals surface area contributed by atoms with E-state index >= 15 is 0 Å². The highest BCUT2D eigenvalue weighted by molar-refractivity contribution is 6.22. The molecule has 2 aliphatic rings. The summed E-state index contributed by atoms with van der Waals surface area (Å²) in [6.07, 6.45) is 0. The first-order valence-corrected chi connectivity index (χ1v) is 9.04. The summed E-state index contributed by atoms with van der Waals surface area (Å²) >= 11 is 0. The fraction of sp³-hybridized carbons (Fsp3) is 0.238. The number of nitrogens with zero attached hydrogens (tertiary/aromatic N) is 1. The van der Waals surface area contributed by atoms with Gasteiger partial charge in [-0.05, 0) is 37.3 Å². The Balaban J connectivity index is 1.40. The molecule has 1 atom stereocenters. The van der Waals surface area contributed by atoms with Crippen molar-refractivity contribution in [2.75, 3.05) is 19.8 Å². The molecule has 0 fully saturated rings. The van der Waals surface area contributed by atoms with Crippen LogP contribution >= 0.6 is 0 Å². The van der Waals surface area contributed by atoms with E-state index in [0.29, 0.717) is 30.3 Å². The molecule has 2 aliphatic heterocycles. The van der Waals surface area contributed by atoms with E-state index in [0.717, 1.165) is 4.90 Å². The molecule has 0 aliphatic carbocycles. The summed E-state index contributed by atoms with van der Waals surface area (Å²) in [6, 6.07) is 9.87. The standard InChI is InChI=1S/C21H17NO7/c1-12(22-19(24)14-4-2-3-5-15(14)20(22)25)21(26)29-11-16(23)13-6-7-17-18(10-13)28-9-8-27-17/h2-7,10,12H,8-9,11H2,1H3/t12-/m0/s1. The zero-order valence-electron chi connectivity index (χ0n) is 15.5. The summed E-state index contributed by atoms with van der Waals surface area (Å²) in [5.74, 6) is -1.41. The first-order chi connectivity index (χ1) is 14.0. The van der Waals surface area contributed by atoms with Gasteiger partial charge in [0.15, 0.2) is 23.9 Å². The monoisotopic (exact) mass is 395 g/mol. The van der Waals surface area contributed by atoms with Crippen LogP contribution in [0.5, 0.6) is 11.5 Å². The molecule has 4 rings (SSSR count). The minimum atomic E-state index is -1.16. The first kappa shape index (κ1) is 18.7. The van der Waals surface area contributed by atoms with Gasteiger partial charge in [0, 0.05) is 5.56 Å². The summed E-state index contributed by atoms with van der Waals surface area (Å²) < 4.78 is 15.9. The number of carbonyl (C=O) groups is 4. The van der Waals surface area contributed by atoms with Gasteiger partial charge in [-0.2, -0.15) is 0 Å². The van der Waals surface area contributed by atoms with Gasteiger partial charge in [-0.3, -0.25) is 19.3 Å². The van der Waals surface area contributed by atoms with E-state index in [1.54, 1.807) is 24.3 Å². The van der Waals surface area contributed by atoms with Crippen LogP contribution < -0.4 is 9.47 Å². The van der Waals surface area contributed by atoms with Crippen LogP contribution in [0.3, 0.4) is 0 Å². The lowest BCUT2D eigenvalue weighted by Gasteiger charge is -2.21. The van der Waals surface area contributed by atoms with Crippen molar-refractivity contribution < 1.29 is 33.4 Å². The second kappa shape index (κ2) is 7.38. The molecule has 2 heterocycles. The normalized spacial score (nSPS) is 15.7. The Hall–Kier alpha value is -3.68. The highest BCUT2D eigenvalue weighted by Crippen LogP contribution is 2.31. The number of amides is 2. The lowest BCUT2D eigenvalue weighted by Crippen LogP contribution is -2.44. The maximum absolute atomic E-state index is 12.5. The number of esters is 1. The molecular formula is C21H17NO7. The third kappa shape index (κ3) is 3.33. The second-order valence-corrected chi connectivity index (χ2v) is 6.59. The van der Waals surface area contributed by atoms with Crippen LogP contribution in [0.15, 0.2) is 42.5 Å². The molecule has 0 saturated carbocycles. The van der Waals surface area contributed by atoms with Crippen LogP contribution in [-0.4, -0.2) is 54.3 Å². The quantitative estimate of drug-likeness (QED) is 0.433. The predicted octanol–water partition coefficient (Wildman–Crippen LogP) is 1.87. The Morgan fingerprint density at radius 2 is 1.62 bits per heavy atom. The molecule has 0 saturated heterocycles. The molecule has 0 unspecified atom stereocenters. The van der Waals surface area contributed by atoms with Crippen molar-refractivity contribution in [1.82, 2.24) is 4.90 Å². The van der Waals surface area contributed by atoms with E-state index in [4.69, 9.17) is 14.2 Å². The van der Waals surface area contributed by atoms with Gasteiger partial charge in [0.25, 0.3) is 11.8 Å². The van der Waals surface area contributed by atoms with Crippen molar-refractivity contribution >= 4 is 23.6 Å². The van der Waals surface area contributed by atoms with Crippen LogP contribution in [0.4, 0.5) is 0 Å². The van der Waals surface area contributed by atoms with Crippen LogP contribution in [0.25, 0.3) is 0 Å². The fourth-order valence-corrected chi connectivity index (χ4v) is 3.22. The van der Waals surface area contributed by atoms with E-state index in [9.17, 15) is 19.2 Å². The van der Waals surface area contributed by atoms with Crippen molar-refractivity contribution in [2.24, 2.45) is 0 Å². The zero-order chi connectivity index (χ0) is 20.5. The predicted molar refractivity (Wildman–Crippen MR) is 99.1 cm³/mol. The molecule has 2 aromatic carbocycles. The molecule has 0 N–H and O–H groups in total. The van der Waals surface area contributed by atoms with Gasteiger partial charge in [0.2, 0.25) is 0 Å². The van der Waals surface area contributed by atoms with E-state index in [2.05, 4.69) is 0 Å². The molecule has 2 amide bonds. The van der Waals surface area contributed by atoms with E-state index in [-0.39, 0.29) is 11.1 Å². The Bertz CT molecular complexity index is 994. The maximum Gasteiger partial charge on any atom is 0.329 e. The zero-order valence-corrected chi connectivity index (χ0v) is 15.5. The Kier molecular flexibility index (Phi) is 4.75. The Morgan fingerprint density at radius 1 is 1.00 bits per heavy atom. The number of hydrogen-bond acceptors (Lipinski definition) is 7. The number of rotatable bonds is 5. The molecule has 8 nitrogen and oxygen atoms in total. The maximum atomic E-state index is 12.5. The van der Waals surface area contributed by atoms with E-state index < -0.39 is 36.2 Å². The molecule has 0 aromatic heterocycles. The highest BCUT2D eigenvalue weighted by Gasteiger charge is 2.41. The summed E-state index contributed by atoms with van der Waals surface area (Å²) in [5, 5.41) is 0. The van der Waals surface area contributed by atoms with E-state index in [1.807, 2.05) is 0 Å². The van der Waals surface area contributed by atoms with Crippen molar-refractivity contribution in [2.45, 2.75) is 13.0 Å². The number of benzene rings is 2. The number of fused-ring (bicyclic) bond motifs is 2. The second-order valence-electron chi connectivity index (χ2n) is 6.59. The minimum Gasteiger partial charge on any atom is -0.486 e. The van der Waals surface area contributed by atoms with Crippen molar-refractivity contribution in [3.8, 4) is 11.5 Å². The molecular weight excluding hydrogens is 378 g/mol. The molecule has 8 heteroatoms. The van der Waals surface area contributed by atoms with Gasteiger partial charge >= 0.3 is 5.97 Å². The summed E-state index contributed by atoms with van der Waals surface area (Å²) in [5.41, 5.74) is 0.782. The van der Waals surface area contributed by atoms with Crippen molar-refractivity contribution in [1.29, 1.82) is 0 Å². The SMILES string of the molecule is C[C@@H](C(=O)OCC(=O)c1ccc2c(c1)OCCO2)N1C(=O)c2ccccc2C1=O. The van der Waals surface area contributed by atoms with Crippen LogP contribution in [0.2, 0.25) is 0 Å². The van der Waals surface area contributed by atoms with E-state index in [1.165, 1.54) is 25.1 Å². The van der Waals surface area contributed by atoms with Crippen LogP contribution in [0, 0.1) is 0 Å².